The zero-order valence-corrected chi connectivity index (χ0v) is 15.5. The van der Waals surface area contributed by atoms with Crippen molar-refractivity contribution >= 4 is 11.6 Å². The van der Waals surface area contributed by atoms with Crippen molar-refractivity contribution in [3.8, 4) is 0 Å². The average Bonchev–Trinajstić information content (AvgIpc) is 2.98. The summed E-state index contributed by atoms with van der Waals surface area (Å²) in [5.74, 6) is 0.754. The topological polar surface area (TPSA) is 74.1 Å². The predicted molar refractivity (Wildman–Crippen MR) is 92.7 cm³/mol. The van der Waals surface area contributed by atoms with Gasteiger partial charge in [-0.05, 0) is 19.3 Å². The van der Waals surface area contributed by atoms with Crippen LogP contribution in [0.4, 0.5) is 0 Å². The summed E-state index contributed by atoms with van der Waals surface area (Å²) in [6.45, 7) is 9.30. The third-order valence-corrected chi connectivity index (χ3v) is 3.94. The van der Waals surface area contributed by atoms with Crippen molar-refractivity contribution in [2.24, 2.45) is 11.8 Å². The van der Waals surface area contributed by atoms with Crippen molar-refractivity contribution in [1.29, 1.82) is 0 Å². The molecule has 0 saturated heterocycles. The number of ether oxygens (including phenoxy) is 1. The van der Waals surface area contributed by atoms with Crippen LogP contribution in [0.25, 0.3) is 0 Å². The third kappa shape index (κ3) is 8.34. The molecule has 0 amide bonds. The summed E-state index contributed by atoms with van der Waals surface area (Å²) in [6.07, 6.45) is 5.73. The lowest BCUT2D eigenvalue weighted by atomic mass is 10.0. The van der Waals surface area contributed by atoms with Crippen molar-refractivity contribution < 1.29 is 14.3 Å². The highest BCUT2D eigenvalue weighted by molar-refractivity contribution is 5.80. The Morgan fingerprint density at radius 2 is 1.71 bits per heavy atom. The number of nitrogens with zero attached hydrogens (tertiary/aromatic N) is 3. The Bertz CT molecular complexity index is 509. The van der Waals surface area contributed by atoms with E-state index in [2.05, 4.69) is 10.3 Å². The van der Waals surface area contributed by atoms with Crippen LogP contribution in [-0.4, -0.2) is 39.8 Å². The molecule has 0 spiro atoms. The van der Waals surface area contributed by atoms with Crippen LogP contribution < -0.4 is 0 Å². The predicted octanol–water partition coefficient (Wildman–Crippen LogP) is 2.85. The second kappa shape index (κ2) is 11.1. The molecule has 0 aromatic carbocycles. The number of hydrogen-bond donors (Lipinski definition) is 0. The number of Topliss-reactive ketones (excluding diaryl/α,β-unsaturated/α-hetero) is 2. The highest BCUT2D eigenvalue weighted by Gasteiger charge is 2.08. The second-order valence-electron chi connectivity index (χ2n) is 6.78. The molecule has 24 heavy (non-hydrogen) atoms. The van der Waals surface area contributed by atoms with Gasteiger partial charge in [-0.2, -0.15) is 0 Å². The van der Waals surface area contributed by atoms with Gasteiger partial charge in [0.1, 0.15) is 11.6 Å². The number of aryl methyl sites for hydroxylation is 1. The van der Waals surface area contributed by atoms with E-state index in [4.69, 9.17) is 4.74 Å². The van der Waals surface area contributed by atoms with E-state index in [0.717, 1.165) is 25.0 Å². The van der Waals surface area contributed by atoms with Gasteiger partial charge in [-0.15, -0.1) is 5.10 Å². The lowest BCUT2D eigenvalue weighted by molar-refractivity contribution is -0.123. The Morgan fingerprint density at radius 3 is 2.38 bits per heavy atom. The lowest BCUT2D eigenvalue weighted by Crippen LogP contribution is -2.12. The number of ketones is 2. The van der Waals surface area contributed by atoms with Gasteiger partial charge in [0, 0.05) is 30.9 Å². The molecule has 1 aromatic rings. The van der Waals surface area contributed by atoms with Gasteiger partial charge in [-0.1, -0.05) is 32.9 Å². The molecule has 6 heteroatoms. The molecular weight excluding hydrogens is 306 g/mol. The molecule has 0 saturated carbocycles. The van der Waals surface area contributed by atoms with E-state index in [9.17, 15) is 9.59 Å². The maximum absolute atomic E-state index is 11.5. The lowest BCUT2D eigenvalue weighted by Gasteiger charge is -2.05. The van der Waals surface area contributed by atoms with Crippen LogP contribution in [0.5, 0.6) is 0 Å². The van der Waals surface area contributed by atoms with Gasteiger partial charge < -0.3 is 4.74 Å². The molecule has 0 aliphatic heterocycles. The Balaban J connectivity index is 2.13. The minimum absolute atomic E-state index is 0.0716. The molecule has 6 nitrogen and oxygen atoms in total. The van der Waals surface area contributed by atoms with Crippen molar-refractivity contribution in [2.75, 3.05) is 13.2 Å². The van der Waals surface area contributed by atoms with E-state index in [0.29, 0.717) is 38.4 Å². The normalized spacial score (nSPS) is 11.4. The van der Waals surface area contributed by atoms with Crippen LogP contribution in [-0.2, 0) is 27.3 Å². The molecule has 1 heterocycles. The molecule has 0 aliphatic rings. The van der Waals surface area contributed by atoms with E-state index in [1.807, 2.05) is 33.9 Å². The van der Waals surface area contributed by atoms with Crippen molar-refractivity contribution in [3.05, 3.63) is 11.9 Å². The third-order valence-electron chi connectivity index (χ3n) is 3.94. The molecule has 136 valence electrons. The number of carbonyl (C=O) groups is 2. The van der Waals surface area contributed by atoms with E-state index >= 15 is 0 Å². The summed E-state index contributed by atoms with van der Waals surface area (Å²) in [5, 5.41) is 8.21. The average molecular weight is 337 g/mol. The van der Waals surface area contributed by atoms with Gasteiger partial charge in [0.15, 0.2) is 0 Å². The van der Waals surface area contributed by atoms with Crippen LogP contribution >= 0.6 is 0 Å². The van der Waals surface area contributed by atoms with E-state index in [1.54, 1.807) is 4.68 Å². The van der Waals surface area contributed by atoms with Crippen molar-refractivity contribution in [2.45, 2.75) is 66.3 Å². The second-order valence-corrected chi connectivity index (χ2v) is 6.78. The largest absolute Gasteiger partial charge is 0.379 e. The molecular formula is C18H31N3O3. The minimum Gasteiger partial charge on any atom is -0.379 e. The molecule has 0 unspecified atom stereocenters. The number of unbranched alkanes of at least 4 members (excludes halogenated alkanes) is 1. The standard InChI is InChI=1S/C18H31N3O3/c1-14(2)17(22)8-6-5-7-16-13-21(20-19-16)10-12-24-11-9-18(23)15(3)4/h13-15H,5-12H2,1-4H3. The fourth-order valence-corrected chi connectivity index (χ4v) is 2.18. The highest BCUT2D eigenvalue weighted by Crippen LogP contribution is 2.07. The van der Waals surface area contributed by atoms with Crippen LogP contribution in [0.15, 0.2) is 6.20 Å². The van der Waals surface area contributed by atoms with Gasteiger partial charge in [-0.3, -0.25) is 9.59 Å². The van der Waals surface area contributed by atoms with Crippen LogP contribution in [0.3, 0.4) is 0 Å². The first kappa shape index (κ1) is 20.5. The fourth-order valence-electron chi connectivity index (χ4n) is 2.18. The fraction of sp³-hybridized carbons (Fsp3) is 0.778. The first-order valence-electron chi connectivity index (χ1n) is 8.92. The van der Waals surface area contributed by atoms with Crippen molar-refractivity contribution in [1.82, 2.24) is 15.0 Å². The zero-order valence-electron chi connectivity index (χ0n) is 15.5. The van der Waals surface area contributed by atoms with Crippen molar-refractivity contribution in [3.63, 3.8) is 0 Å². The summed E-state index contributed by atoms with van der Waals surface area (Å²) in [6, 6.07) is 0. The first-order valence-corrected chi connectivity index (χ1v) is 8.92. The first-order chi connectivity index (χ1) is 11.4. The number of hydrogen-bond acceptors (Lipinski definition) is 5. The minimum atomic E-state index is 0.0716. The monoisotopic (exact) mass is 337 g/mol. The summed E-state index contributed by atoms with van der Waals surface area (Å²) in [7, 11) is 0. The van der Waals surface area contributed by atoms with E-state index in [1.165, 1.54) is 0 Å². The molecule has 0 N–H and O–H groups in total. The van der Waals surface area contributed by atoms with E-state index < -0.39 is 0 Å². The summed E-state index contributed by atoms with van der Waals surface area (Å²) < 4.78 is 7.23. The van der Waals surface area contributed by atoms with Gasteiger partial charge in [-0.25, -0.2) is 4.68 Å². The molecule has 1 aromatic heterocycles. The van der Waals surface area contributed by atoms with Gasteiger partial charge in [0.2, 0.25) is 0 Å². The van der Waals surface area contributed by atoms with Gasteiger partial charge in [0.25, 0.3) is 0 Å². The quantitative estimate of drug-likeness (QED) is 0.517. The number of carbonyl (C=O) groups excluding carboxylic acids is 2. The Kier molecular flexibility index (Phi) is 9.45. The summed E-state index contributed by atoms with van der Waals surface area (Å²) in [5.41, 5.74) is 0.946. The Hall–Kier alpha value is -1.56. The maximum atomic E-state index is 11.5. The summed E-state index contributed by atoms with van der Waals surface area (Å²) in [4.78, 5) is 23.0. The Morgan fingerprint density at radius 1 is 1.04 bits per heavy atom. The Labute approximate surface area is 145 Å². The van der Waals surface area contributed by atoms with Gasteiger partial charge >= 0.3 is 0 Å². The molecule has 0 aliphatic carbocycles. The van der Waals surface area contributed by atoms with Crippen LogP contribution in [0.2, 0.25) is 0 Å². The molecule has 0 radical (unpaired) electrons. The molecule has 0 atom stereocenters. The maximum Gasteiger partial charge on any atom is 0.137 e. The van der Waals surface area contributed by atoms with Gasteiger partial charge in [0.05, 0.1) is 25.5 Å². The molecule has 1 rings (SSSR count). The highest BCUT2D eigenvalue weighted by atomic mass is 16.5. The van der Waals surface area contributed by atoms with E-state index in [-0.39, 0.29) is 17.6 Å². The summed E-state index contributed by atoms with van der Waals surface area (Å²) >= 11 is 0. The van der Waals surface area contributed by atoms with Crippen LogP contribution in [0, 0.1) is 11.8 Å². The molecule has 0 bridgehead atoms. The molecule has 0 fully saturated rings. The zero-order chi connectivity index (χ0) is 17.9. The number of aromatic nitrogens is 3. The van der Waals surface area contributed by atoms with Crippen LogP contribution in [0.1, 0.15) is 59.1 Å². The smallest absolute Gasteiger partial charge is 0.137 e. The number of rotatable bonds is 13. The SMILES string of the molecule is CC(C)C(=O)CCCCc1cn(CCOCCC(=O)C(C)C)nn1.